The van der Waals surface area contributed by atoms with Crippen LogP contribution in [0.2, 0.25) is 0 Å². The molecule has 1 amide bonds. The van der Waals surface area contributed by atoms with E-state index in [1.54, 1.807) is 26.0 Å². The van der Waals surface area contributed by atoms with E-state index in [1.807, 2.05) is 0 Å². The highest BCUT2D eigenvalue weighted by Gasteiger charge is 2.24. The predicted octanol–water partition coefficient (Wildman–Crippen LogP) is 3.71. The molecule has 0 heterocycles. The molecule has 0 atom stereocenters. The minimum Gasteiger partial charge on any atom is -0.431 e. The summed E-state index contributed by atoms with van der Waals surface area (Å²) in [5.74, 6) is -0.793. The number of ether oxygens (including phenoxy) is 3. The van der Waals surface area contributed by atoms with Gasteiger partial charge in [0, 0.05) is 14.1 Å². The fraction of sp³-hybridized carbons (Fsp3) is 0.238. The zero-order chi connectivity index (χ0) is 21.6. The fourth-order valence-corrected chi connectivity index (χ4v) is 2.31. The molecule has 0 unspecified atom stereocenters. The molecule has 2 rings (SSSR count). The van der Waals surface area contributed by atoms with Crippen LogP contribution in [0.1, 0.15) is 40.1 Å². The standard InChI is InChI=1S/C21H21NO7/c1-13(2)27-21(26)28-17-11-6-5-9-15(17)18(24)16-10-7-8-14(12-23)19(16)29-20(25)22(3)4/h5-13H,1-4H3. The molecule has 0 aliphatic carbocycles. The minimum atomic E-state index is -0.957. The van der Waals surface area contributed by atoms with Gasteiger partial charge in [-0.05, 0) is 38.1 Å². The highest BCUT2D eigenvalue weighted by molar-refractivity contribution is 6.13. The number of nitrogens with zero attached hydrogens (tertiary/aromatic N) is 1. The second-order valence-electron chi connectivity index (χ2n) is 6.45. The third-order valence-electron chi connectivity index (χ3n) is 3.63. The summed E-state index contributed by atoms with van der Waals surface area (Å²) < 4.78 is 15.3. The summed E-state index contributed by atoms with van der Waals surface area (Å²) in [6.45, 7) is 3.32. The van der Waals surface area contributed by atoms with Crippen LogP contribution in [0.5, 0.6) is 11.5 Å². The average Bonchev–Trinajstić information content (AvgIpc) is 2.67. The normalized spacial score (nSPS) is 10.2. The number of para-hydroxylation sites is 2. The molecule has 0 fully saturated rings. The number of carbonyl (C=O) groups is 4. The Morgan fingerprint density at radius 3 is 2.21 bits per heavy atom. The van der Waals surface area contributed by atoms with Gasteiger partial charge in [0.15, 0.2) is 12.0 Å². The van der Waals surface area contributed by atoms with Gasteiger partial charge in [0.2, 0.25) is 5.78 Å². The first-order valence-corrected chi connectivity index (χ1v) is 8.74. The van der Waals surface area contributed by atoms with Crippen LogP contribution in [0.3, 0.4) is 0 Å². The lowest BCUT2D eigenvalue weighted by Gasteiger charge is -2.16. The van der Waals surface area contributed by atoms with Gasteiger partial charge < -0.3 is 19.1 Å². The summed E-state index contributed by atoms with van der Waals surface area (Å²) >= 11 is 0. The number of rotatable bonds is 6. The van der Waals surface area contributed by atoms with E-state index >= 15 is 0 Å². The summed E-state index contributed by atoms with van der Waals surface area (Å²) in [6, 6.07) is 10.4. The molecule has 29 heavy (non-hydrogen) atoms. The number of hydrogen-bond donors (Lipinski definition) is 0. The number of benzene rings is 2. The summed E-state index contributed by atoms with van der Waals surface area (Å²) in [4.78, 5) is 49.6. The Kier molecular flexibility index (Phi) is 7.08. The van der Waals surface area contributed by atoms with Crippen LogP contribution in [-0.2, 0) is 4.74 Å². The number of amides is 1. The van der Waals surface area contributed by atoms with Crippen LogP contribution < -0.4 is 9.47 Å². The van der Waals surface area contributed by atoms with Crippen LogP contribution in [0.4, 0.5) is 9.59 Å². The van der Waals surface area contributed by atoms with Crippen molar-refractivity contribution in [3.63, 3.8) is 0 Å². The maximum absolute atomic E-state index is 13.2. The fourth-order valence-electron chi connectivity index (χ4n) is 2.31. The molecule has 0 bridgehead atoms. The molecule has 0 saturated heterocycles. The number of hydrogen-bond acceptors (Lipinski definition) is 7. The molecule has 0 aromatic heterocycles. The number of aldehydes is 1. The van der Waals surface area contributed by atoms with Crippen molar-refractivity contribution in [2.45, 2.75) is 20.0 Å². The van der Waals surface area contributed by atoms with E-state index in [1.165, 1.54) is 44.4 Å². The predicted molar refractivity (Wildman–Crippen MR) is 104 cm³/mol. The lowest BCUT2D eigenvalue weighted by Crippen LogP contribution is -2.26. The maximum atomic E-state index is 13.2. The van der Waals surface area contributed by atoms with Crippen molar-refractivity contribution < 1.29 is 33.4 Å². The first-order chi connectivity index (χ1) is 13.7. The molecule has 0 N–H and O–H groups in total. The molecule has 0 radical (unpaired) electrons. The summed E-state index contributed by atoms with van der Waals surface area (Å²) in [6.07, 6.45) is -1.62. The largest absolute Gasteiger partial charge is 0.514 e. The lowest BCUT2D eigenvalue weighted by atomic mass is 9.99. The van der Waals surface area contributed by atoms with E-state index in [4.69, 9.17) is 14.2 Å². The monoisotopic (exact) mass is 399 g/mol. The van der Waals surface area contributed by atoms with Gasteiger partial charge in [0.05, 0.1) is 22.8 Å². The summed E-state index contributed by atoms with van der Waals surface area (Å²) in [7, 11) is 2.94. The maximum Gasteiger partial charge on any atom is 0.514 e. The van der Waals surface area contributed by atoms with Crippen LogP contribution >= 0.6 is 0 Å². The van der Waals surface area contributed by atoms with Gasteiger partial charge >= 0.3 is 12.2 Å². The SMILES string of the molecule is CC(C)OC(=O)Oc1ccccc1C(=O)c1cccc(C=O)c1OC(=O)N(C)C. The van der Waals surface area contributed by atoms with Crippen molar-refractivity contribution in [2.24, 2.45) is 0 Å². The Morgan fingerprint density at radius 1 is 0.931 bits per heavy atom. The molecule has 0 spiro atoms. The second-order valence-corrected chi connectivity index (χ2v) is 6.45. The Morgan fingerprint density at radius 2 is 1.59 bits per heavy atom. The summed E-state index contributed by atoms with van der Waals surface area (Å²) in [5.41, 5.74) is 0.0418. The van der Waals surface area contributed by atoms with Crippen LogP contribution in [-0.4, -0.2) is 49.4 Å². The van der Waals surface area contributed by atoms with Crippen molar-refractivity contribution in [3.05, 3.63) is 59.2 Å². The van der Waals surface area contributed by atoms with Gasteiger partial charge in [-0.2, -0.15) is 0 Å². The molecule has 0 saturated carbocycles. The molecule has 0 aliphatic heterocycles. The first-order valence-electron chi connectivity index (χ1n) is 8.74. The smallest absolute Gasteiger partial charge is 0.431 e. The third kappa shape index (κ3) is 5.41. The molecular formula is C21H21NO7. The number of ketones is 1. The van der Waals surface area contributed by atoms with E-state index in [-0.39, 0.29) is 28.2 Å². The van der Waals surface area contributed by atoms with Crippen molar-refractivity contribution in [1.82, 2.24) is 4.90 Å². The van der Waals surface area contributed by atoms with Crippen LogP contribution in [0.25, 0.3) is 0 Å². The molecule has 8 nitrogen and oxygen atoms in total. The number of carbonyl (C=O) groups excluding carboxylic acids is 4. The molecule has 2 aromatic carbocycles. The van der Waals surface area contributed by atoms with Crippen LogP contribution in [0.15, 0.2) is 42.5 Å². The molecular weight excluding hydrogens is 378 g/mol. The first kappa shape index (κ1) is 21.6. The topological polar surface area (TPSA) is 99.2 Å². The Labute approximate surface area is 168 Å². The van der Waals surface area contributed by atoms with Gasteiger partial charge in [-0.25, -0.2) is 9.59 Å². The Bertz CT molecular complexity index is 934. The molecule has 8 heteroatoms. The van der Waals surface area contributed by atoms with Crippen LogP contribution in [0, 0.1) is 0 Å². The molecule has 0 aliphatic rings. The Hall–Kier alpha value is -3.68. The zero-order valence-electron chi connectivity index (χ0n) is 16.5. The second kappa shape index (κ2) is 9.50. The van der Waals surface area contributed by atoms with Gasteiger partial charge in [0.1, 0.15) is 5.75 Å². The van der Waals surface area contributed by atoms with E-state index in [2.05, 4.69) is 0 Å². The van der Waals surface area contributed by atoms with Gasteiger partial charge in [0.25, 0.3) is 0 Å². The Balaban J connectivity index is 2.47. The highest BCUT2D eigenvalue weighted by atomic mass is 16.7. The molecule has 152 valence electrons. The zero-order valence-corrected chi connectivity index (χ0v) is 16.5. The van der Waals surface area contributed by atoms with Crippen molar-refractivity contribution in [1.29, 1.82) is 0 Å². The minimum absolute atomic E-state index is 0.0236. The van der Waals surface area contributed by atoms with E-state index in [9.17, 15) is 19.2 Å². The van der Waals surface area contributed by atoms with Crippen molar-refractivity contribution in [2.75, 3.05) is 14.1 Å². The van der Waals surface area contributed by atoms with E-state index in [0.717, 1.165) is 4.90 Å². The van der Waals surface area contributed by atoms with Gasteiger partial charge in [-0.3, -0.25) is 9.59 Å². The van der Waals surface area contributed by atoms with Gasteiger partial charge in [-0.1, -0.05) is 18.2 Å². The van der Waals surface area contributed by atoms with Crippen molar-refractivity contribution >= 4 is 24.3 Å². The quantitative estimate of drug-likeness (QED) is 0.316. The third-order valence-corrected chi connectivity index (χ3v) is 3.63. The van der Waals surface area contributed by atoms with E-state index < -0.39 is 24.1 Å². The molecule has 2 aromatic rings. The highest BCUT2D eigenvalue weighted by Crippen LogP contribution is 2.29. The van der Waals surface area contributed by atoms with Crippen molar-refractivity contribution in [3.8, 4) is 11.5 Å². The lowest BCUT2D eigenvalue weighted by molar-refractivity contribution is 0.0725. The summed E-state index contributed by atoms with van der Waals surface area (Å²) in [5, 5.41) is 0. The van der Waals surface area contributed by atoms with Gasteiger partial charge in [-0.15, -0.1) is 0 Å². The van der Waals surface area contributed by atoms with E-state index in [0.29, 0.717) is 6.29 Å². The average molecular weight is 399 g/mol.